The van der Waals surface area contributed by atoms with E-state index in [1.807, 2.05) is 0 Å². The van der Waals surface area contributed by atoms with Crippen LogP contribution in [0.2, 0.25) is 0 Å². The van der Waals surface area contributed by atoms with Gasteiger partial charge in [0.25, 0.3) is 5.96 Å². The average molecular weight is 371 g/mol. The third-order valence-electron chi connectivity index (χ3n) is 3.66. The fraction of sp³-hybridized carbons (Fsp3) is 0.889. The molecule has 1 aliphatic rings. The van der Waals surface area contributed by atoms with E-state index in [0.717, 1.165) is 19.6 Å². The van der Waals surface area contributed by atoms with Crippen LogP contribution in [-0.4, -0.2) is 46.9 Å². The van der Waals surface area contributed by atoms with Gasteiger partial charge in [-0.25, -0.2) is 0 Å². The first-order chi connectivity index (χ1) is 11.6. The molecule has 0 aromatic rings. The Hall–Kier alpha value is -1.17. The van der Waals surface area contributed by atoms with E-state index in [-0.39, 0.29) is 6.17 Å². The molecule has 0 fully saturated rings. The topological polar surface area (TPSA) is 55.9 Å². The van der Waals surface area contributed by atoms with Crippen molar-refractivity contribution in [2.45, 2.75) is 61.6 Å². The first-order valence-electron chi connectivity index (χ1n) is 9.35. The zero-order chi connectivity index (χ0) is 19.1. The summed E-state index contributed by atoms with van der Waals surface area (Å²) in [5, 5.41) is 12.9. The first-order valence-corrected chi connectivity index (χ1v) is 9.73. The fourth-order valence-electron chi connectivity index (χ4n) is 2.78. The summed E-state index contributed by atoms with van der Waals surface area (Å²) in [6, 6.07) is 0. The zero-order valence-corrected chi connectivity index (χ0v) is 17.8. The lowest BCUT2D eigenvalue weighted by molar-refractivity contribution is 0.214. The number of hydrogen-bond acceptors (Lipinski definition) is 5. The van der Waals surface area contributed by atoms with Crippen LogP contribution in [0.1, 0.15) is 55.4 Å². The third-order valence-corrected chi connectivity index (χ3v) is 3.99. The number of amidine groups is 1. The van der Waals surface area contributed by atoms with Crippen molar-refractivity contribution in [3.8, 4) is 0 Å². The summed E-state index contributed by atoms with van der Waals surface area (Å²) in [6.07, 6.45) is -0.0493. The van der Waals surface area contributed by atoms with Gasteiger partial charge in [-0.2, -0.15) is 4.99 Å². The molecule has 25 heavy (non-hydrogen) atoms. The van der Waals surface area contributed by atoms with Crippen molar-refractivity contribution in [2.24, 2.45) is 44.1 Å². The van der Waals surface area contributed by atoms with Gasteiger partial charge < -0.3 is 9.80 Å². The Morgan fingerprint density at radius 3 is 2.04 bits per heavy atom. The highest BCUT2D eigenvalue weighted by Gasteiger charge is 2.29. The third kappa shape index (κ3) is 7.30. The largest absolute Gasteiger partial charge is 0.346 e. The van der Waals surface area contributed by atoms with Crippen LogP contribution >= 0.6 is 11.6 Å². The van der Waals surface area contributed by atoms with Gasteiger partial charge in [-0.15, -0.1) is 5.11 Å². The van der Waals surface area contributed by atoms with Gasteiger partial charge in [0.2, 0.25) is 5.29 Å². The van der Waals surface area contributed by atoms with Crippen LogP contribution in [0.3, 0.4) is 0 Å². The number of guanidine groups is 1. The van der Waals surface area contributed by atoms with Crippen LogP contribution in [0.5, 0.6) is 0 Å². The molecule has 144 valence electrons. The van der Waals surface area contributed by atoms with Crippen LogP contribution in [-0.2, 0) is 0 Å². The predicted molar refractivity (Wildman–Crippen MR) is 107 cm³/mol. The van der Waals surface area contributed by atoms with Gasteiger partial charge in [-0.1, -0.05) is 60.5 Å². The molecule has 1 heterocycles. The van der Waals surface area contributed by atoms with Crippen LogP contribution in [0, 0.1) is 23.7 Å². The minimum absolute atomic E-state index is 0.0493. The molecule has 0 amide bonds. The van der Waals surface area contributed by atoms with Gasteiger partial charge >= 0.3 is 0 Å². The molecule has 1 unspecified atom stereocenters. The van der Waals surface area contributed by atoms with E-state index in [9.17, 15) is 0 Å². The van der Waals surface area contributed by atoms with Crippen molar-refractivity contribution in [1.29, 1.82) is 0 Å². The molecule has 1 atom stereocenters. The van der Waals surface area contributed by atoms with Crippen molar-refractivity contribution in [2.75, 3.05) is 19.6 Å². The molecular formula is C18H35ClN6. The molecule has 1 aliphatic heterocycles. The van der Waals surface area contributed by atoms with E-state index in [0.29, 0.717) is 34.9 Å². The van der Waals surface area contributed by atoms with Crippen LogP contribution in [0.15, 0.2) is 20.4 Å². The summed E-state index contributed by atoms with van der Waals surface area (Å²) in [5.41, 5.74) is 0. The Morgan fingerprint density at radius 2 is 1.60 bits per heavy atom. The zero-order valence-electron chi connectivity index (χ0n) is 17.1. The van der Waals surface area contributed by atoms with Gasteiger partial charge in [0.1, 0.15) is 6.17 Å². The Balaban J connectivity index is 3.08. The Bertz CT molecular complexity index is 486. The maximum atomic E-state index is 6.59. The second kappa shape index (κ2) is 10.1. The summed E-state index contributed by atoms with van der Waals surface area (Å²) in [5.74, 6) is 2.36. The maximum absolute atomic E-state index is 6.59. The second-order valence-electron chi connectivity index (χ2n) is 8.38. The van der Waals surface area contributed by atoms with Crippen molar-refractivity contribution in [3.05, 3.63) is 0 Å². The van der Waals surface area contributed by atoms with Crippen molar-refractivity contribution >= 4 is 22.9 Å². The molecule has 0 aromatic heterocycles. The lowest BCUT2D eigenvalue weighted by Crippen LogP contribution is -2.45. The van der Waals surface area contributed by atoms with Gasteiger partial charge in [-0.05, 0) is 40.5 Å². The van der Waals surface area contributed by atoms with E-state index in [1.165, 1.54) is 0 Å². The SMILES string of the molecule is CC(C)CN(CC(C)C)/C(Cl)=N/C1=NN=NC(C(C)C)N1CC(C)C. The van der Waals surface area contributed by atoms with Crippen molar-refractivity contribution in [3.63, 3.8) is 0 Å². The predicted octanol–water partition coefficient (Wildman–Crippen LogP) is 4.87. The van der Waals surface area contributed by atoms with E-state index in [4.69, 9.17) is 11.6 Å². The number of rotatable bonds is 7. The van der Waals surface area contributed by atoms with Crippen LogP contribution in [0.4, 0.5) is 0 Å². The highest BCUT2D eigenvalue weighted by atomic mass is 35.5. The summed E-state index contributed by atoms with van der Waals surface area (Å²) >= 11 is 6.59. The van der Waals surface area contributed by atoms with Gasteiger partial charge in [0, 0.05) is 19.6 Å². The quantitative estimate of drug-likeness (QED) is 0.364. The molecule has 7 heteroatoms. The molecule has 0 aliphatic carbocycles. The molecule has 0 spiro atoms. The average Bonchev–Trinajstić information content (AvgIpc) is 2.46. The second-order valence-corrected chi connectivity index (χ2v) is 8.72. The monoisotopic (exact) mass is 370 g/mol. The Labute approximate surface area is 158 Å². The molecule has 0 saturated carbocycles. The van der Waals surface area contributed by atoms with Gasteiger partial charge in [0.15, 0.2) is 0 Å². The lowest BCUT2D eigenvalue weighted by Gasteiger charge is -2.34. The Morgan fingerprint density at radius 1 is 1.04 bits per heavy atom. The highest BCUT2D eigenvalue weighted by Crippen LogP contribution is 2.20. The van der Waals surface area contributed by atoms with E-state index in [2.05, 4.69) is 85.6 Å². The summed E-state index contributed by atoms with van der Waals surface area (Å²) in [7, 11) is 0. The molecule has 1 rings (SSSR count). The number of halogens is 1. The highest BCUT2D eigenvalue weighted by molar-refractivity contribution is 6.65. The number of nitrogens with zero attached hydrogens (tertiary/aromatic N) is 6. The van der Waals surface area contributed by atoms with E-state index >= 15 is 0 Å². The molecule has 0 aromatic carbocycles. The summed E-state index contributed by atoms with van der Waals surface area (Å²) < 4.78 is 0. The van der Waals surface area contributed by atoms with Crippen LogP contribution < -0.4 is 0 Å². The normalized spacial score (nSPS) is 18.8. The van der Waals surface area contributed by atoms with E-state index < -0.39 is 0 Å². The molecule has 0 radical (unpaired) electrons. The lowest BCUT2D eigenvalue weighted by atomic mass is 10.1. The molecule has 0 bridgehead atoms. The minimum Gasteiger partial charge on any atom is -0.346 e. The van der Waals surface area contributed by atoms with Crippen LogP contribution in [0.25, 0.3) is 0 Å². The molecule has 0 saturated heterocycles. The molecule has 0 N–H and O–H groups in total. The van der Waals surface area contributed by atoms with Crippen molar-refractivity contribution in [1.82, 2.24) is 9.80 Å². The van der Waals surface area contributed by atoms with Crippen molar-refractivity contribution < 1.29 is 0 Å². The minimum atomic E-state index is -0.0493. The number of hydrogen-bond donors (Lipinski definition) is 0. The Kier molecular flexibility index (Phi) is 8.83. The molecule has 6 nitrogen and oxygen atoms in total. The van der Waals surface area contributed by atoms with Gasteiger partial charge in [-0.3, -0.25) is 0 Å². The van der Waals surface area contributed by atoms with E-state index in [1.54, 1.807) is 0 Å². The standard InChI is InChI=1S/C18H35ClN6/c1-12(2)9-24(10-13(3)4)17(19)20-18-22-23-21-16(15(7)8)25(18)11-14(5)6/h12-16H,9-11H2,1-8H3/b20-17+. The number of aliphatic imine (C=N–C) groups is 1. The van der Waals surface area contributed by atoms with Gasteiger partial charge in [0.05, 0.1) is 0 Å². The summed E-state index contributed by atoms with van der Waals surface area (Å²) in [4.78, 5) is 8.89. The molecular weight excluding hydrogens is 336 g/mol. The fourth-order valence-corrected chi connectivity index (χ4v) is 2.99. The summed E-state index contributed by atoms with van der Waals surface area (Å²) in [6.45, 7) is 19.9. The first kappa shape index (κ1) is 21.9. The maximum Gasteiger partial charge on any atom is 0.251 e. The smallest absolute Gasteiger partial charge is 0.251 e.